The zero-order valence-electron chi connectivity index (χ0n) is 9.08. The predicted octanol–water partition coefficient (Wildman–Crippen LogP) is 0.986. The van der Waals surface area contributed by atoms with Crippen LogP contribution in [0.15, 0.2) is 16.5 Å². The number of rotatable bonds is 6. The van der Waals surface area contributed by atoms with Gasteiger partial charge >= 0.3 is 0 Å². The summed E-state index contributed by atoms with van der Waals surface area (Å²) in [4.78, 5) is 11.2. The molecule has 15 heavy (non-hydrogen) atoms. The SMILES string of the molecule is Cc1ccc(CCNC(=O)CCCN)o1. The molecule has 0 spiro atoms. The normalized spacial score (nSPS) is 10.3. The highest BCUT2D eigenvalue weighted by Gasteiger charge is 2.01. The Kier molecular flexibility index (Phi) is 4.90. The molecule has 1 rings (SSSR count). The minimum Gasteiger partial charge on any atom is -0.466 e. The highest BCUT2D eigenvalue weighted by atomic mass is 16.3. The summed E-state index contributed by atoms with van der Waals surface area (Å²) < 4.78 is 5.38. The average Bonchev–Trinajstić information content (AvgIpc) is 2.61. The van der Waals surface area contributed by atoms with E-state index < -0.39 is 0 Å². The Balaban J connectivity index is 2.13. The van der Waals surface area contributed by atoms with E-state index in [0.29, 0.717) is 19.5 Å². The summed E-state index contributed by atoms with van der Waals surface area (Å²) in [5, 5.41) is 2.82. The number of carbonyl (C=O) groups is 1. The van der Waals surface area contributed by atoms with E-state index in [9.17, 15) is 4.79 Å². The van der Waals surface area contributed by atoms with Gasteiger partial charge in [-0.05, 0) is 32.0 Å². The molecule has 0 atom stereocenters. The second kappa shape index (κ2) is 6.24. The van der Waals surface area contributed by atoms with Gasteiger partial charge in [-0.15, -0.1) is 0 Å². The van der Waals surface area contributed by atoms with Gasteiger partial charge < -0.3 is 15.5 Å². The summed E-state index contributed by atoms with van der Waals surface area (Å²) in [6.45, 7) is 3.09. The molecule has 0 aromatic carbocycles. The van der Waals surface area contributed by atoms with Gasteiger partial charge in [-0.25, -0.2) is 0 Å². The Hall–Kier alpha value is -1.29. The first-order chi connectivity index (χ1) is 7.22. The van der Waals surface area contributed by atoms with Crippen LogP contribution in [0.2, 0.25) is 0 Å². The van der Waals surface area contributed by atoms with Crippen molar-refractivity contribution in [2.24, 2.45) is 5.73 Å². The molecule has 0 aliphatic rings. The molecule has 84 valence electrons. The fraction of sp³-hybridized carbons (Fsp3) is 0.545. The van der Waals surface area contributed by atoms with E-state index in [1.165, 1.54) is 0 Å². The Morgan fingerprint density at radius 1 is 1.53 bits per heavy atom. The van der Waals surface area contributed by atoms with E-state index in [2.05, 4.69) is 5.32 Å². The Labute approximate surface area is 89.8 Å². The molecular formula is C11H18N2O2. The van der Waals surface area contributed by atoms with Gasteiger partial charge in [0.1, 0.15) is 11.5 Å². The molecule has 0 saturated heterocycles. The smallest absolute Gasteiger partial charge is 0.220 e. The second-order valence-corrected chi connectivity index (χ2v) is 3.50. The van der Waals surface area contributed by atoms with Crippen molar-refractivity contribution in [3.05, 3.63) is 23.7 Å². The maximum absolute atomic E-state index is 11.2. The van der Waals surface area contributed by atoms with Gasteiger partial charge in [0.25, 0.3) is 0 Å². The van der Waals surface area contributed by atoms with Gasteiger partial charge in [0.2, 0.25) is 5.91 Å². The molecule has 0 aliphatic carbocycles. The number of aryl methyl sites for hydroxylation is 1. The first-order valence-corrected chi connectivity index (χ1v) is 5.24. The van der Waals surface area contributed by atoms with Crippen LogP contribution in [0, 0.1) is 6.92 Å². The molecule has 0 radical (unpaired) electrons. The number of hydrogen-bond acceptors (Lipinski definition) is 3. The molecule has 0 saturated carbocycles. The standard InChI is InChI=1S/C11H18N2O2/c1-9-4-5-10(15-9)6-8-13-11(14)3-2-7-12/h4-5H,2-3,6-8,12H2,1H3,(H,13,14). The molecule has 1 heterocycles. The lowest BCUT2D eigenvalue weighted by Gasteiger charge is -2.02. The van der Waals surface area contributed by atoms with Crippen molar-refractivity contribution in [2.75, 3.05) is 13.1 Å². The van der Waals surface area contributed by atoms with Gasteiger partial charge in [-0.1, -0.05) is 0 Å². The van der Waals surface area contributed by atoms with Crippen molar-refractivity contribution >= 4 is 5.91 Å². The third kappa shape index (κ3) is 4.65. The summed E-state index contributed by atoms with van der Waals surface area (Å²) in [6, 6.07) is 3.85. The van der Waals surface area contributed by atoms with Crippen molar-refractivity contribution in [2.45, 2.75) is 26.2 Å². The number of furan rings is 1. The highest BCUT2D eigenvalue weighted by molar-refractivity contribution is 5.75. The molecule has 0 fully saturated rings. The van der Waals surface area contributed by atoms with Crippen LogP contribution in [-0.4, -0.2) is 19.0 Å². The van der Waals surface area contributed by atoms with E-state index >= 15 is 0 Å². The number of carbonyl (C=O) groups excluding carboxylic acids is 1. The van der Waals surface area contributed by atoms with Crippen LogP contribution in [-0.2, 0) is 11.2 Å². The largest absolute Gasteiger partial charge is 0.466 e. The second-order valence-electron chi connectivity index (χ2n) is 3.50. The fourth-order valence-corrected chi connectivity index (χ4v) is 1.30. The third-order valence-corrected chi connectivity index (χ3v) is 2.10. The Morgan fingerprint density at radius 3 is 2.93 bits per heavy atom. The predicted molar refractivity (Wildman–Crippen MR) is 58.4 cm³/mol. The van der Waals surface area contributed by atoms with Gasteiger partial charge in [-0.2, -0.15) is 0 Å². The quantitative estimate of drug-likeness (QED) is 0.735. The minimum absolute atomic E-state index is 0.0590. The van der Waals surface area contributed by atoms with Gasteiger partial charge in [0.15, 0.2) is 0 Å². The van der Waals surface area contributed by atoms with Gasteiger partial charge in [0.05, 0.1) is 0 Å². The van der Waals surface area contributed by atoms with Gasteiger partial charge in [0, 0.05) is 19.4 Å². The first kappa shape index (κ1) is 11.8. The summed E-state index contributed by atoms with van der Waals surface area (Å²) >= 11 is 0. The van der Waals surface area contributed by atoms with Crippen LogP contribution in [0.4, 0.5) is 0 Å². The summed E-state index contributed by atoms with van der Waals surface area (Å²) in [5.41, 5.74) is 5.30. The maximum Gasteiger partial charge on any atom is 0.220 e. The highest BCUT2D eigenvalue weighted by Crippen LogP contribution is 2.05. The van der Waals surface area contributed by atoms with Crippen LogP contribution in [0.5, 0.6) is 0 Å². The molecule has 4 nitrogen and oxygen atoms in total. The van der Waals surface area contributed by atoms with Crippen LogP contribution in [0.25, 0.3) is 0 Å². The zero-order valence-corrected chi connectivity index (χ0v) is 9.08. The number of hydrogen-bond donors (Lipinski definition) is 2. The number of amides is 1. The first-order valence-electron chi connectivity index (χ1n) is 5.24. The van der Waals surface area contributed by atoms with Gasteiger partial charge in [-0.3, -0.25) is 4.79 Å². The van der Waals surface area contributed by atoms with E-state index in [-0.39, 0.29) is 5.91 Å². The molecule has 1 aromatic rings. The van der Waals surface area contributed by atoms with Crippen molar-refractivity contribution in [3.8, 4) is 0 Å². The van der Waals surface area contributed by atoms with E-state index in [4.69, 9.17) is 10.2 Å². The third-order valence-electron chi connectivity index (χ3n) is 2.10. The van der Waals surface area contributed by atoms with Crippen LogP contribution < -0.4 is 11.1 Å². The summed E-state index contributed by atoms with van der Waals surface area (Å²) in [7, 11) is 0. The summed E-state index contributed by atoms with van der Waals surface area (Å²) in [5.74, 6) is 1.87. The van der Waals surface area contributed by atoms with Crippen LogP contribution in [0.1, 0.15) is 24.4 Å². The maximum atomic E-state index is 11.2. The molecular weight excluding hydrogens is 192 g/mol. The molecule has 4 heteroatoms. The Morgan fingerprint density at radius 2 is 2.33 bits per heavy atom. The molecule has 0 bridgehead atoms. The molecule has 3 N–H and O–H groups in total. The topological polar surface area (TPSA) is 68.3 Å². The summed E-state index contributed by atoms with van der Waals surface area (Å²) in [6.07, 6.45) is 1.99. The lowest BCUT2D eigenvalue weighted by atomic mass is 10.3. The molecule has 1 aromatic heterocycles. The van der Waals surface area contributed by atoms with Crippen LogP contribution in [0.3, 0.4) is 0 Å². The molecule has 0 unspecified atom stereocenters. The van der Waals surface area contributed by atoms with E-state index in [1.807, 2.05) is 19.1 Å². The van der Waals surface area contributed by atoms with Crippen molar-refractivity contribution < 1.29 is 9.21 Å². The fourth-order valence-electron chi connectivity index (χ4n) is 1.30. The number of nitrogens with one attached hydrogen (secondary N) is 1. The average molecular weight is 210 g/mol. The zero-order chi connectivity index (χ0) is 11.1. The monoisotopic (exact) mass is 210 g/mol. The van der Waals surface area contributed by atoms with E-state index in [1.54, 1.807) is 0 Å². The lowest BCUT2D eigenvalue weighted by molar-refractivity contribution is -0.121. The minimum atomic E-state index is 0.0590. The molecule has 0 aliphatic heterocycles. The van der Waals surface area contributed by atoms with Crippen molar-refractivity contribution in [3.63, 3.8) is 0 Å². The molecule has 1 amide bonds. The van der Waals surface area contributed by atoms with Crippen molar-refractivity contribution in [1.29, 1.82) is 0 Å². The Bertz CT molecular complexity index is 307. The van der Waals surface area contributed by atoms with Crippen LogP contribution >= 0.6 is 0 Å². The lowest BCUT2D eigenvalue weighted by Crippen LogP contribution is -2.25. The van der Waals surface area contributed by atoms with E-state index in [0.717, 1.165) is 24.4 Å². The number of nitrogens with two attached hydrogens (primary N) is 1. The van der Waals surface area contributed by atoms with Crippen molar-refractivity contribution in [1.82, 2.24) is 5.32 Å².